The van der Waals surface area contributed by atoms with Crippen LogP contribution < -0.4 is 5.32 Å². The van der Waals surface area contributed by atoms with Crippen LogP contribution in [0.25, 0.3) is 6.08 Å². The molecule has 1 N–H and O–H groups in total. The fourth-order valence-corrected chi connectivity index (χ4v) is 5.23. The second-order valence-corrected chi connectivity index (χ2v) is 10.5. The van der Waals surface area contributed by atoms with Gasteiger partial charge in [-0.05, 0) is 42.3 Å². The van der Waals surface area contributed by atoms with Crippen LogP contribution in [0.5, 0.6) is 0 Å². The Morgan fingerprint density at radius 3 is 2.57 bits per heavy atom. The van der Waals surface area contributed by atoms with E-state index in [1.807, 2.05) is 0 Å². The highest BCUT2D eigenvalue weighted by Gasteiger charge is 2.35. The Kier molecular flexibility index (Phi) is 7.22. The predicted molar refractivity (Wildman–Crippen MR) is 116 cm³/mol. The zero-order valence-corrected chi connectivity index (χ0v) is 18.7. The summed E-state index contributed by atoms with van der Waals surface area (Å²) in [5.41, 5.74) is 0.651. The average molecular weight is 472 g/mol. The van der Waals surface area contributed by atoms with Crippen LogP contribution in [0.3, 0.4) is 0 Å². The number of imide groups is 1. The molecule has 30 heavy (non-hydrogen) atoms. The fraction of sp³-hybridized carbons (Fsp3) is 0.421. The maximum atomic E-state index is 12.5. The molecule has 1 aromatic carbocycles. The normalized spacial score (nSPS) is 20.2. The third kappa shape index (κ3) is 5.42. The van der Waals surface area contributed by atoms with Crippen LogP contribution >= 0.6 is 23.4 Å². The topological polar surface area (TPSA) is 104 Å². The monoisotopic (exact) mass is 471 g/mol. The fourth-order valence-electron chi connectivity index (χ4n) is 3.31. The van der Waals surface area contributed by atoms with E-state index in [2.05, 4.69) is 5.32 Å². The SMILES string of the molecule is CS(=O)(=O)N1CCC(C(=O)NCCN2C(=O)SC(=Cc3ccccc3Cl)C2=O)CC1. The predicted octanol–water partition coefficient (Wildman–Crippen LogP) is 2.16. The molecule has 162 valence electrons. The molecule has 0 unspecified atom stereocenters. The number of hydrogen-bond donors (Lipinski definition) is 1. The highest BCUT2D eigenvalue weighted by atomic mass is 35.5. The molecule has 0 saturated carbocycles. The van der Waals surface area contributed by atoms with E-state index in [9.17, 15) is 22.8 Å². The number of amides is 3. The van der Waals surface area contributed by atoms with E-state index in [1.54, 1.807) is 30.3 Å². The first-order valence-electron chi connectivity index (χ1n) is 9.39. The van der Waals surface area contributed by atoms with Gasteiger partial charge in [0.1, 0.15) is 0 Å². The summed E-state index contributed by atoms with van der Waals surface area (Å²) in [6, 6.07) is 7.02. The van der Waals surface area contributed by atoms with Gasteiger partial charge in [-0.2, -0.15) is 0 Å². The third-order valence-electron chi connectivity index (χ3n) is 4.99. The van der Waals surface area contributed by atoms with Crippen molar-refractivity contribution in [3.8, 4) is 0 Å². The van der Waals surface area contributed by atoms with E-state index in [-0.39, 0.29) is 29.8 Å². The molecule has 0 aliphatic carbocycles. The largest absolute Gasteiger partial charge is 0.354 e. The lowest BCUT2D eigenvalue weighted by molar-refractivity contribution is -0.127. The molecule has 0 radical (unpaired) electrons. The highest BCUT2D eigenvalue weighted by molar-refractivity contribution is 8.18. The summed E-state index contributed by atoms with van der Waals surface area (Å²) in [5, 5.41) is 2.84. The Morgan fingerprint density at radius 1 is 1.27 bits per heavy atom. The van der Waals surface area contributed by atoms with Gasteiger partial charge < -0.3 is 5.32 Å². The van der Waals surface area contributed by atoms with E-state index in [0.29, 0.717) is 36.5 Å². The smallest absolute Gasteiger partial charge is 0.293 e. The molecule has 11 heteroatoms. The summed E-state index contributed by atoms with van der Waals surface area (Å²) < 4.78 is 24.5. The maximum absolute atomic E-state index is 12.5. The van der Waals surface area contributed by atoms with Crippen molar-refractivity contribution in [2.45, 2.75) is 12.8 Å². The van der Waals surface area contributed by atoms with E-state index in [4.69, 9.17) is 11.6 Å². The Hall–Kier alpha value is -1.88. The average Bonchev–Trinajstić information content (AvgIpc) is 2.96. The Morgan fingerprint density at radius 2 is 1.93 bits per heavy atom. The number of piperidine rings is 1. The number of benzene rings is 1. The van der Waals surface area contributed by atoms with Crippen molar-refractivity contribution < 1.29 is 22.8 Å². The van der Waals surface area contributed by atoms with Crippen molar-refractivity contribution in [3.63, 3.8) is 0 Å². The van der Waals surface area contributed by atoms with Crippen LogP contribution in [0, 0.1) is 5.92 Å². The van der Waals surface area contributed by atoms with Crippen LogP contribution in [0.2, 0.25) is 5.02 Å². The van der Waals surface area contributed by atoms with Crippen molar-refractivity contribution in [2.75, 3.05) is 32.4 Å². The van der Waals surface area contributed by atoms with Gasteiger partial charge >= 0.3 is 0 Å². The first kappa shape index (κ1) is 22.8. The molecular weight excluding hydrogens is 450 g/mol. The minimum atomic E-state index is -3.24. The lowest BCUT2D eigenvalue weighted by Gasteiger charge is -2.29. The van der Waals surface area contributed by atoms with Gasteiger partial charge in [0.2, 0.25) is 15.9 Å². The molecule has 2 fully saturated rings. The van der Waals surface area contributed by atoms with E-state index in [0.717, 1.165) is 22.9 Å². The van der Waals surface area contributed by atoms with Crippen LogP contribution in [0.15, 0.2) is 29.2 Å². The van der Waals surface area contributed by atoms with Gasteiger partial charge in [0.15, 0.2) is 0 Å². The second-order valence-electron chi connectivity index (χ2n) is 7.08. The van der Waals surface area contributed by atoms with E-state index < -0.39 is 21.2 Å². The first-order chi connectivity index (χ1) is 14.2. The van der Waals surface area contributed by atoms with Crippen molar-refractivity contribution in [3.05, 3.63) is 39.8 Å². The molecule has 2 aliphatic rings. The zero-order valence-electron chi connectivity index (χ0n) is 16.3. The van der Waals surface area contributed by atoms with E-state index in [1.165, 1.54) is 4.31 Å². The molecule has 8 nitrogen and oxygen atoms in total. The summed E-state index contributed by atoms with van der Waals surface area (Å²) in [5.74, 6) is -0.889. The van der Waals surface area contributed by atoms with Gasteiger partial charge in [0.25, 0.3) is 11.1 Å². The standard InChI is InChI=1S/C19H22ClN3O5S2/c1-30(27,28)22-9-6-13(7-10-22)17(24)21-8-11-23-18(25)16(29-19(23)26)12-14-4-2-3-5-15(14)20/h2-5,12-13H,6-11H2,1H3,(H,21,24). The summed E-state index contributed by atoms with van der Waals surface area (Å²) in [6.45, 7) is 0.834. The number of nitrogens with zero attached hydrogens (tertiary/aromatic N) is 2. The number of halogens is 1. The minimum Gasteiger partial charge on any atom is -0.354 e. The number of carbonyl (C=O) groups excluding carboxylic acids is 3. The molecule has 0 atom stereocenters. The number of carbonyl (C=O) groups is 3. The van der Waals surface area contributed by atoms with Crippen LogP contribution in [0.4, 0.5) is 4.79 Å². The van der Waals surface area contributed by atoms with E-state index >= 15 is 0 Å². The van der Waals surface area contributed by atoms with Crippen LogP contribution in [0.1, 0.15) is 18.4 Å². The Labute approximate surface area is 184 Å². The number of sulfonamides is 1. The van der Waals surface area contributed by atoms with Crippen LogP contribution in [-0.4, -0.2) is 67.1 Å². The first-order valence-corrected chi connectivity index (χ1v) is 12.4. The minimum absolute atomic E-state index is 0.0679. The van der Waals surface area contributed by atoms with Gasteiger partial charge in [0, 0.05) is 37.1 Å². The molecule has 0 spiro atoms. The van der Waals surface area contributed by atoms with Gasteiger partial charge in [-0.15, -0.1) is 0 Å². The summed E-state index contributed by atoms with van der Waals surface area (Å²) in [4.78, 5) is 38.5. The molecule has 2 heterocycles. The summed E-state index contributed by atoms with van der Waals surface area (Å²) in [6.07, 6.45) is 3.63. The lowest BCUT2D eigenvalue weighted by Crippen LogP contribution is -2.44. The highest BCUT2D eigenvalue weighted by Crippen LogP contribution is 2.33. The number of thioether (sulfide) groups is 1. The molecule has 0 aromatic heterocycles. The van der Waals surface area contributed by atoms with Crippen molar-refractivity contribution in [1.29, 1.82) is 0 Å². The van der Waals surface area contributed by atoms with Crippen molar-refractivity contribution in [2.24, 2.45) is 5.92 Å². The van der Waals surface area contributed by atoms with Gasteiger partial charge in [-0.1, -0.05) is 29.8 Å². The van der Waals surface area contributed by atoms with Gasteiger partial charge in [-0.3, -0.25) is 19.3 Å². The van der Waals surface area contributed by atoms with Gasteiger partial charge in [-0.25, -0.2) is 12.7 Å². The number of rotatable bonds is 6. The summed E-state index contributed by atoms with van der Waals surface area (Å²) >= 11 is 6.94. The second kappa shape index (κ2) is 9.51. The maximum Gasteiger partial charge on any atom is 0.293 e. The Balaban J connectivity index is 1.50. The molecule has 2 aliphatic heterocycles. The summed E-state index contributed by atoms with van der Waals surface area (Å²) in [7, 11) is -3.24. The lowest BCUT2D eigenvalue weighted by atomic mass is 9.97. The van der Waals surface area contributed by atoms with Crippen molar-refractivity contribution in [1.82, 2.24) is 14.5 Å². The van der Waals surface area contributed by atoms with Gasteiger partial charge in [0.05, 0.1) is 11.2 Å². The molecule has 3 rings (SSSR count). The molecule has 0 bridgehead atoms. The third-order valence-corrected chi connectivity index (χ3v) is 7.55. The molecule has 3 amide bonds. The zero-order chi connectivity index (χ0) is 21.9. The molecule has 1 aromatic rings. The Bertz CT molecular complexity index is 988. The quantitative estimate of drug-likeness (QED) is 0.637. The number of nitrogens with one attached hydrogen (secondary N) is 1. The molecule has 2 saturated heterocycles. The molecular formula is C19H22ClN3O5S2. The van der Waals surface area contributed by atoms with Crippen LogP contribution in [-0.2, 0) is 19.6 Å². The van der Waals surface area contributed by atoms with Crippen molar-refractivity contribution >= 4 is 56.5 Å². The number of hydrogen-bond acceptors (Lipinski definition) is 6.